The predicted octanol–water partition coefficient (Wildman–Crippen LogP) is 4.33. The first-order valence-corrected chi connectivity index (χ1v) is 7.05. The van der Waals surface area contributed by atoms with Gasteiger partial charge in [-0.05, 0) is 43.0 Å². The second-order valence-corrected chi connectivity index (χ2v) is 5.14. The standard InChI is InChI=1S/C19H17NO/c1-3-6-15-13-20(16-11-9-14(2)10-12-16)19(21)18-8-5-4-7-17(15)18/h3-13H,1-2H3/b6-3+. The summed E-state index contributed by atoms with van der Waals surface area (Å²) in [5.74, 6) is 0. The summed E-state index contributed by atoms with van der Waals surface area (Å²) >= 11 is 0. The summed E-state index contributed by atoms with van der Waals surface area (Å²) < 4.78 is 1.72. The van der Waals surface area contributed by atoms with Crippen LogP contribution < -0.4 is 5.56 Å². The third-order valence-electron chi connectivity index (χ3n) is 3.61. The number of allylic oxidation sites excluding steroid dienone is 1. The van der Waals surface area contributed by atoms with E-state index < -0.39 is 0 Å². The van der Waals surface area contributed by atoms with Crippen molar-refractivity contribution in [3.63, 3.8) is 0 Å². The molecule has 104 valence electrons. The molecule has 0 aliphatic carbocycles. The van der Waals surface area contributed by atoms with E-state index in [1.807, 2.05) is 80.7 Å². The van der Waals surface area contributed by atoms with E-state index in [0.29, 0.717) is 0 Å². The first-order chi connectivity index (χ1) is 10.2. The Bertz CT molecular complexity index is 870. The van der Waals surface area contributed by atoms with E-state index in [0.717, 1.165) is 22.0 Å². The molecule has 2 nitrogen and oxygen atoms in total. The molecule has 0 aliphatic heterocycles. The molecule has 0 N–H and O–H groups in total. The van der Waals surface area contributed by atoms with Crippen LogP contribution in [0.4, 0.5) is 0 Å². The molecule has 3 rings (SSSR count). The van der Waals surface area contributed by atoms with Gasteiger partial charge in [-0.2, -0.15) is 0 Å². The van der Waals surface area contributed by atoms with Gasteiger partial charge in [0.25, 0.3) is 5.56 Å². The van der Waals surface area contributed by atoms with Crippen LogP contribution in [-0.2, 0) is 0 Å². The number of benzene rings is 2. The lowest BCUT2D eigenvalue weighted by Gasteiger charge is -2.10. The quantitative estimate of drug-likeness (QED) is 0.682. The van der Waals surface area contributed by atoms with Gasteiger partial charge in [0.2, 0.25) is 0 Å². The zero-order valence-electron chi connectivity index (χ0n) is 12.2. The molecule has 0 amide bonds. The lowest BCUT2D eigenvalue weighted by atomic mass is 10.1. The molecule has 0 saturated heterocycles. The van der Waals surface area contributed by atoms with Crippen molar-refractivity contribution in [2.45, 2.75) is 13.8 Å². The first kappa shape index (κ1) is 13.4. The summed E-state index contributed by atoms with van der Waals surface area (Å²) in [6, 6.07) is 15.7. The minimum atomic E-state index is 0.0164. The Kier molecular flexibility index (Phi) is 3.44. The van der Waals surface area contributed by atoms with Crippen molar-refractivity contribution in [2.75, 3.05) is 0 Å². The summed E-state index contributed by atoms with van der Waals surface area (Å²) in [7, 11) is 0. The molecule has 0 saturated carbocycles. The third kappa shape index (κ3) is 2.40. The van der Waals surface area contributed by atoms with Crippen molar-refractivity contribution in [3.8, 4) is 5.69 Å². The van der Waals surface area contributed by atoms with Gasteiger partial charge in [0.1, 0.15) is 0 Å². The van der Waals surface area contributed by atoms with E-state index in [2.05, 4.69) is 0 Å². The van der Waals surface area contributed by atoms with Crippen molar-refractivity contribution >= 4 is 16.8 Å². The number of nitrogens with zero attached hydrogens (tertiary/aromatic N) is 1. The van der Waals surface area contributed by atoms with Crippen molar-refractivity contribution in [1.29, 1.82) is 0 Å². The Hall–Kier alpha value is -2.61. The number of hydrogen-bond donors (Lipinski definition) is 0. The zero-order valence-corrected chi connectivity index (χ0v) is 12.2. The van der Waals surface area contributed by atoms with E-state index in [4.69, 9.17) is 0 Å². The van der Waals surface area contributed by atoms with Crippen LogP contribution in [0.15, 0.2) is 65.6 Å². The lowest BCUT2D eigenvalue weighted by Crippen LogP contribution is -2.18. The topological polar surface area (TPSA) is 22.0 Å². The highest BCUT2D eigenvalue weighted by molar-refractivity contribution is 5.89. The lowest BCUT2D eigenvalue weighted by molar-refractivity contribution is 1.00. The molecule has 2 aromatic carbocycles. The average Bonchev–Trinajstić information content (AvgIpc) is 2.51. The molecule has 0 spiro atoms. The van der Waals surface area contributed by atoms with Crippen LogP contribution in [0.5, 0.6) is 0 Å². The zero-order chi connectivity index (χ0) is 14.8. The molecule has 2 heteroatoms. The summed E-state index contributed by atoms with van der Waals surface area (Å²) in [4.78, 5) is 12.7. The van der Waals surface area contributed by atoms with Crippen LogP contribution in [0.25, 0.3) is 22.5 Å². The number of fused-ring (bicyclic) bond motifs is 1. The minimum absolute atomic E-state index is 0.0164. The Labute approximate surface area is 124 Å². The smallest absolute Gasteiger partial charge is 0.262 e. The molecular weight excluding hydrogens is 258 g/mol. The fraction of sp³-hybridized carbons (Fsp3) is 0.105. The van der Waals surface area contributed by atoms with Crippen molar-refractivity contribution in [2.24, 2.45) is 0 Å². The maximum Gasteiger partial charge on any atom is 0.262 e. The van der Waals surface area contributed by atoms with Crippen molar-refractivity contribution in [3.05, 3.63) is 82.3 Å². The Balaban J connectivity index is 2.35. The molecule has 0 aliphatic rings. The Morgan fingerprint density at radius 1 is 0.952 bits per heavy atom. The van der Waals surface area contributed by atoms with Gasteiger partial charge in [0.15, 0.2) is 0 Å². The molecule has 1 aromatic heterocycles. The van der Waals surface area contributed by atoms with E-state index in [9.17, 15) is 4.79 Å². The van der Waals surface area contributed by atoms with Gasteiger partial charge in [-0.15, -0.1) is 0 Å². The van der Waals surface area contributed by atoms with Gasteiger partial charge < -0.3 is 0 Å². The first-order valence-electron chi connectivity index (χ1n) is 7.05. The molecule has 3 aromatic rings. The predicted molar refractivity (Wildman–Crippen MR) is 89.0 cm³/mol. The molecular formula is C19H17NO. The fourth-order valence-corrected chi connectivity index (χ4v) is 2.53. The normalized spacial score (nSPS) is 11.3. The van der Waals surface area contributed by atoms with E-state index in [1.165, 1.54) is 5.56 Å². The third-order valence-corrected chi connectivity index (χ3v) is 3.61. The van der Waals surface area contributed by atoms with Crippen LogP contribution in [0.3, 0.4) is 0 Å². The molecule has 0 unspecified atom stereocenters. The van der Waals surface area contributed by atoms with E-state index in [-0.39, 0.29) is 5.56 Å². The van der Waals surface area contributed by atoms with Crippen LogP contribution in [0, 0.1) is 6.92 Å². The monoisotopic (exact) mass is 275 g/mol. The van der Waals surface area contributed by atoms with Gasteiger partial charge in [-0.1, -0.05) is 48.0 Å². The largest absolute Gasteiger partial charge is 0.283 e. The van der Waals surface area contributed by atoms with Crippen LogP contribution >= 0.6 is 0 Å². The summed E-state index contributed by atoms with van der Waals surface area (Å²) in [6.07, 6.45) is 5.94. The van der Waals surface area contributed by atoms with Gasteiger partial charge in [0.05, 0.1) is 0 Å². The van der Waals surface area contributed by atoms with Gasteiger partial charge in [-0.25, -0.2) is 0 Å². The summed E-state index contributed by atoms with van der Waals surface area (Å²) in [6.45, 7) is 4.02. The molecule has 0 radical (unpaired) electrons. The van der Waals surface area contributed by atoms with Gasteiger partial charge in [0, 0.05) is 17.3 Å². The highest BCUT2D eigenvalue weighted by atomic mass is 16.1. The molecule has 0 atom stereocenters. The number of hydrogen-bond acceptors (Lipinski definition) is 1. The second-order valence-electron chi connectivity index (χ2n) is 5.14. The molecule has 1 heterocycles. The summed E-state index contributed by atoms with van der Waals surface area (Å²) in [5, 5.41) is 1.73. The molecule has 0 bridgehead atoms. The Morgan fingerprint density at radius 3 is 2.29 bits per heavy atom. The number of pyridine rings is 1. The van der Waals surface area contributed by atoms with Crippen molar-refractivity contribution < 1.29 is 0 Å². The highest BCUT2D eigenvalue weighted by Gasteiger charge is 2.07. The molecule has 0 fully saturated rings. The fourth-order valence-electron chi connectivity index (χ4n) is 2.53. The van der Waals surface area contributed by atoms with E-state index >= 15 is 0 Å². The maximum absolute atomic E-state index is 12.7. The number of aromatic nitrogens is 1. The minimum Gasteiger partial charge on any atom is -0.283 e. The van der Waals surface area contributed by atoms with E-state index in [1.54, 1.807) is 4.57 Å². The van der Waals surface area contributed by atoms with Crippen molar-refractivity contribution in [1.82, 2.24) is 4.57 Å². The SMILES string of the molecule is C/C=C/c1cn(-c2ccc(C)cc2)c(=O)c2ccccc12. The number of aryl methyl sites for hydroxylation is 1. The van der Waals surface area contributed by atoms with Gasteiger partial charge >= 0.3 is 0 Å². The van der Waals surface area contributed by atoms with Gasteiger partial charge in [-0.3, -0.25) is 9.36 Å². The Morgan fingerprint density at radius 2 is 1.62 bits per heavy atom. The highest BCUT2D eigenvalue weighted by Crippen LogP contribution is 2.19. The van der Waals surface area contributed by atoms with Crippen LogP contribution in [0.1, 0.15) is 18.1 Å². The maximum atomic E-state index is 12.7. The average molecular weight is 275 g/mol. The van der Waals surface area contributed by atoms with Crippen LogP contribution in [0.2, 0.25) is 0 Å². The molecule has 21 heavy (non-hydrogen) atoms. The summed E-state index contributed by atoms with van der Waals surface area (Å²) in [5.41, 5.74) is 3.14. The second kappa shape index (κ2) is 5.41. The van der Waals surface area contributed by atoms with Crippen LogP contribution in [-0.4, -0.2) is 4.57 Å². The number of rotatable bonds is 2.